The van der Waals surface area contributed by atoms with E-state index < -0.39 is 9.85 Å². The summed E-state index contributed by atoms with van der Waals surface area (Å²) in [6.07, 6.45) is 2.29. The van der Waals surface area contributed by atoms with Crippen molar-refractivity contribution in [3.8, 4) is 11.5 Å². The van der Waals surface area contributed by atoms with Crippen LogP contribution in [0.3, 0.4) is 0 Å². The molecule has 1 aromatic rings. The van der Waals surface area contributed by atoms with E-state index in [1.807, 2.05) is 0 Å². The summed E-state index contributed by atoms with van der Waals surface area (Å²) in [5, 5.41) is 21.9. The lowest BCUT2D eigenvalue weighted by Gasteiger charge is -2.10. The van der Waals surface area contributed by atoms with Crippen LogP contribution in [0.5, 0.6) is 11.5 Å². The van der Waals surface area contributed by atoms with Crippen LogP contribution in [-0.4, -0.2) is 23.1 Å². The predicted molar refractivity (Wildman–Crippen MR) is 64.6 cm³/mol. The molecule has 0 aromatic heterocycles. The van der Waals surface area contributed by atoms with Gasteiger partial charge in [-0.3, -0.25) is 20.2 Å². The summed E-state index contributed by atoms with van der Waals surface area (Å²) < 4.78 is 10.6. The SMILES string of the molecule is O=[N+]([O-])c1ccc([N+](=O)[O-])c2c1OCCCCCO2. The Labute approximate surface area is 108 Å². The fourth-order valence-corrected chi connectivity index (χ4v) is 1.84. The average molecular weight is 268 g/mol. The number of nitro groups is 2. The number of hydrogen-bond acceptors (Lipinski definition) is 6. The van der Waals surface area contributed by atoms with Gasteiger partial charge in [0.1, 0.15) is 0 Å². The molecule has 8 heteroatoms. The molecule has 0 unspecified atom stereocenters. The molecule has 8 nitrogen and oxygen atoms in total. The van der Waals surface area contributed by atoms with E-state index in [1.54, 1.807) is 0 Å². The molecule has 102 valence electrons. The minimum atomic E-state index is -0.635. The van der Waals surface area contributed by atoms with Crippen LogP contribution in [0.2, 0.25) is 0 Å². The molecule has 0 N–H and O–H groups in total. The molecule has 1 aromatic carbocycles. The second-order valence-electron chi connectivity index (χ2n) is 4.03. The van der Waals surface area contributed by atoms with Crippen molar-refractivity contribution in [3.63, 3.8) is 0 Å². The zero-order chi connectivity index (χ0) is 13.8. The lowest BCUT2D eigenvalue weighted by atomic mass is 10.2. The van der Waals surface area contributed by atoms with Gasteiger partial charge in [-0.1, -0.05) is 0 Å². The second kappa shape index (κ2) is 5.51. The molecule has 2 rings (SSSR count). The van der Waals surface area contributed by atoms with Crippen LogP contribution in [-0.2, 0) is 0 Å². The third-order valence-corrected chi connectivity index (χ3v) is 2.75. The van der Waals surface area contributed by atoms with Crippen molar-refractivity contribution in [2.75, 3.05) is 13.2 Å². The smallest absolute Gasteiger partial charge is 0.315 e. The summed E-state index contributed by atoms with van der Waals surface area (Å²) in [7, 11) is 0. The van der Waals surface area contributed by atoms with E-state index in [-0.39, 0.29) is 36.1 Å². The van der Waals surface area contributed by atoms with Crippen molar-refractivity contribution < 1.29 is 19.3 Å². The fraction of sp³-hybridized carbons (Fsp3) is 0.455. The summed E-state index contributed by atoms with van der Waals surface area (Å²) in [5.41, 5.74) is -0.634. The number of fused-ring (bicyclic) bond motifs is 1. The highest BCUT2D eigenvalue weighted by atomic mass is 16.6. The van der Waals surface area contributed by atoms with Crippen molar-refractivity contribution in [3.05, 3.63) is 32.4 Å². The lowest BCUT2D eigenvalue weighted by molar-refractivity contribution is -0.390. The van der Waals surface area contributed by atoms with Crippen LogP contribution in [0.1, 0.15) is 19.3 Å². The van der Waals surface area contributed by atoms with Crippen LogP contribution < -0.4 is 9.47 Å². The fourth-order valence-electron chi connectivity index (χ4n) is 1.84. The van der Waals surface area contributed by atoms with Crippen molar-refractivity contribution in [2.24, 2.45) is 0 Å². The zero-order valence-electron chi connectivity index (χ0n) is 10.0. The molecule has 19 heavy (non-hydrogen) atoms. The van der Waals surface area contributed by atoms with Crippen LogP contribution in [0.25, 0.3) is 0 Å². The normalized spacial score (nSPS) is 14.9. The van der Waals surface area contributed by atoms with E-state index >= 15 is 0 Å². The number of nitro benzene ring substituents is 2. The van der Waals surface area contributed by atoms with E-state index in [1.165, 1.54) is 0 Å². The quantitative estimate of drug-likeness (QED) is 0.602. The topological polar surface area (TPSA) is 105 Å². The molecule has 0 bridgehead atoms. The van der Waals surface area contributed by atoms with E-state index in [9.17, 15) is 20.2 Å². The Morgan fingerprint density at radius 2 is 1.26 bits per heavy atom. The molecule has 0 aliphatic carbocycles. The maximum absolute atomic E-state index is 10.9. The van der Waals surface area contributed by atoms with E-state index in [0.29, 0.717) is 0 Å². The number of hydrogen-bond donors (Lipinski definition) is 0. The van der Waals surface area contributed by atoms with Gasteiger partial charge >= 0.3 is 11.4 Å². The standard InChI is InChI=1S/C11H12N2O6/c14-12(15)8-4-5-9(13(16)17)11-10(8)18-6-2-1-3-7-19-11/h4-5H,1-3,6-7H2. The Morgan fingerprint density at radius 3 is 1.63 bits per heavy atom. The van der Waals surface area contributed by atoms with Gasteiger partial charge in [0.05, 0.1) is 23.1 Å². The van der Waals surface area contributed by atoms with Gasteiger partial charge in [-0.05, 0) is 19.3 Å². The zero-order valence-corrected chi connectivity index (χ0v) is 10.0. The minimum absolute atomic E-state index is 0.152. The van der Waals surface area contributed by atoms with Crippen molar-refractivity contribution in [1.82, 2.24) is 0 Å². The third-order valence-electron chi connectivity index (χ3n) is 2.75. The first-order valence-corrected chi connectivity index (χ1v) is 5.82. The van der Waals surface area contributed by atoms with Gasteiger partial charge in [0.2, 0.25) is 11.5 Å². The van der Waals surface area contributed by atoms with Gasteiger partial charge < -0.3 is 9.47 Å². The number of nitrogens with zero attached hydrogens (tertiary/aromatic N) is 2. The van der Waals surface area contributed by atoms with Gasteiger partial charge in [-0.2, -0.15) is 0 Å². The predicted octanol–water partition coefficient (Wildman–Crippen LogP) is 2.44. The van der Waals surface area contributed by atoms with Crippen LogP contribution >= 0.6 is 0 Å². The first kappa shape index (κ1) is 13.1. The summed E-state index contributed by atoms with van der Waals surface area (Å²) in [5.74, 6) is -0.304. The largest absolute Gasteiger partial charge is 0.484 e. The molecule has 0 spiro atoms. The molecular weight excluding hydrogens is 256 g/mol. The van der Waals surface area contributed by atoms with Crippen molar-refractivity contribution in [2.45, 2.75) is 19.3 Å². The molecular formula is C11H12N2O6. The van der Waals surface area contributed by atoms with Gasteiger partial charge in [0, 0.05) is 12.1 Å². The summed E-state index contributed by atoms with van der Waals surface area (Å²) in [6, 6.07) is 2.14. The third kappa shape index (κ3) is 2.72. The van der Waals surface area contributed by atoms with E-state index in [2.05, 4.69) is 0 Å². The number of ether oxygens (including phenoxy) is 2. The molecule has 1 aliphatic rings. The summed E-state index contributed by atoms with van der Waals surface area (Å²) in [4.78, 5) is 20.6. The average Bonchev–Trinajstić information content (AvgIpc) is 2.48. The van der Waals surface area contributed by atoms with Crippen molar-refractivity contribution >= 4 is 11.4 Å². The molecule has 0 atom stereocenters. The Morgan fingerprint density at radius 1 is 0.842 bits per heavy atom. The first-order chi connectivity index (χ1) is 9.11. The molecule has 0 saturated carbocycles. The Balaban J connectivity index is 2.55. The summed E-state index contributed by atoms with van der Waals surface area (Å²) in [6.45, 7) is 0.552. The van der Waals surface area contributed by atoms with Crippen LogP contribution in [0, 0.1) is 20.2 Å². The highest BCUT2D eigenvalue weighted by molar-refractivity contribution is 5.65. The molecule has 0 radical (unpaired) electrons. The highest BCUT2D eigenvalue weighted by Gasteiger charge is 2.30. The molecule has 0 amide bonds. The molecule has 0 saturated heterocycles. The van der Waals surface area contributed by atoms with Gasteiger partial charge in [0.15, 0.2) is 0 Å². The second-order valence-corrected chi connectivity index (χ2v) is 4.03. The maximum Gasteiger partial charge on any atom is 0.315 e. The van der Waals surface area contributed by atoms with Gasteiger partial charge in [-0.15, -0.1) is 0 Å². The highest BCUT2D eigenvalue weighted by Crippen LogP contribution is 2.44. The Bertz CT molecular complexity index is 471. The van der Waals surface area contributed by atoms with Crippen LogP contribution in [0.4, 0.5) is 11.4 Å². The maximum atomic E-state index is 10.9. The Kier molecular flexibility index (Phi) is 3.79. The Hall–Kier alpha value is -2.38. The summed E-state index contributed by atoms with van der Waals surface area (Å²) >= 11 is 0. The minimum Gasteiger partial charge on any atom is -0.484 e. The van der Waals surface area contributed by atoms with Gasteiger partial charge in [0.25, 0.3) is 0 Å². The van der Waals surface area contributed by atoms with E-state index in [0.717, 1.165) is 31.4 Å². The van der Waals surface area contributed by atoms with E-state index in [4.69, 9.17) is 9.47 Å². The lowest BCUT2D eigenvalue weighted by Crippen LogP contribution is -2.04. The van der Waals surface area contributed by atoms with Gasteiger partial charge in [-0.25, -0.2) is 0 Å². The number of benzene rings is 1. The molecule has 1 aliphatic heterocycles. The first-order valence-electron chi connectivity index (χ1n) is 5.82. The number of rotatable bonds is 2. The van der Waals surface area contributed by atoms with Crippen molar-refractivity contribution in [1.29, 1.82) is 0 Å². The molecule has 1 heterocycles. The molecule has 0 fully saturated rings. The van der Waals surface area contributed by atoms with Crippen LogP contribution in [0.15, 0.2) is 12.1 Å². The monoisotopic (exact) mass is 268 g/mol.